The molecule has 0 aromatic heterocycles. The molecule has 0 heterocycles. The van der Waals surface area contributed by atoms with Crippen LogP contribution < -0.4 is 11.5 Å². The molecule has 2 aliphatic carbocycles. The average Bonchev–Trinajstić information content (AvgIpc) is 2.36. The van der Waals surface area contributed by atoms with E-state index >= 15 is 0 Å². The summed E-state index contributed by atoms with van der Waals surface area (Å²) in [7, 11) is 0. The highest BCUT2D eigenvalue weighted by atomic mass is 14.8. The summed E-state index contributed by atoms with van der Waals surface area (Å²) in [6.45, 7) is 12.7. The first-order valence-electron chi connectivity index (χ1n) is 9.28. The summed E-state index contributed by atoms with van der Waals surface area (Å²) in [4.78, 5) is 0. The van der Waals surface area contributed by atoms with Crippen LogP contribution in [0.2, 0.25) is 0 Å². The van der Waals surface area contributed by atoms with Crippen molar-refractivity contribution >= 4 is 0 Å². The molecular weight excluding hydrogens is 268 g/mol. The van der Waals surface area contributed by atoms with Gasteiger partial charge < -0.3 is 11.5 Å². The second-order valence-electron chi connectivity index (χ2n) is 9.32. The quantitative estimate of drug-likeness (QED) is 0.744. The zero-order valence-electron chi connectivity index (χ0n) is 15.5. The Kier molecular flexibility index (Phi) is 5.14. The molecule has 0 bridgehead atoms. The van der Waals surface area contributed by atoms with Gasteiger partial charge in [0.15, 0.2) is 0 Å². The Morgan fingerprint density at radius 2 is 1.82 bits per heavy atom. The number of rotatable bonds is 4. The van der Waals surface area contributed by atoms with Crippen LogP contribution in [0, 0.1) is 22.7 Å². The Labute approximate surface area is 138 Å². The smallest absolute Gasteiger partial charge is 0.0159 e. The lowest BCUT2D eigenvalue weighted by Gasteiger charge is -2.62. The molecule has 2 aliphatic rings. The predicted octanol–water partition coefficient (Wildman–Crippen LogP) is 4.63. The van der Waals surface area contributed by atoms with Crippen molar-refractivity contribution in [2.45, 2.75) is 85.1 Å². The molecule has 128 valence electrons. The third-order valence-corrected chi connectivity index (χ3v) is 7.13. The summed E-state index contributed by atoms with van der Waals surface area (Å²) in [5, 5.41) is 0. The van der Waals surface area contributed by atoms with Gasteiger partial charge in [0.25, 0.3) is 0 Å². The minimum absolute atomic E-state index is 0.0122. The maximum Gasteiger partial charge on any atom is 0.0159 e. The standard InChI is InChI=1S/C20H38N2/c1-15(10-14-21)7-8-17-19(4)12-6-11-18(2,3)16(19)9-13-20(17,5)22/h10,16-17H,6-9,11-14,21-22H2,1-5H3/b15-10-/t16-,17+,19-,20+/m0/s1. The Balaban J connectivity index is 2.24. The van der Waals surface area contributed by atoms with Gasteiger partial charge in [0.05, 0.1) is 0 Å². The van der Waals surface area contributed by atoms with Crippen LogP contribution in [0.5, 0.6) is 0 Å². The van der Waals surface area contributed by atoms with Crippen molar-refractivity contribution < 1.29 is 0 Å². The molecule has 0 aromatic rings. The molecule has 4 atom stereocenters. The summed E-state index contributed by atoms with van der Waals surface area (Å²) in [5.74, 6) is 1.45. The van der Waals surface area contributed by atoms with E-state index in [1.807, 2.05) is 0 Å². The first-order valence-corrected chi connectivity index (χ1v) is 9.28. The normalized spacial score (nSPS) is 42.0. The van der Waals surface area contributed by atoms with E-state index in [1.54, 1.807) is 0 Å². The van der Waals surface area contributed by atoms with Crippen LogP contribution in [0.25, 0.3) is 0 Å². The van der Waals surface area contributed by atoms with Crippen molar-refractivity contribution in [3.05, 3.63) is 11.6 Å². The first-order chi connectivity index (χ1) is 10.1. The molecule has 2 fully saturated rings. The Bertz CT molecular complexity index is 421. The molecule has 0 radical (unpaired) electrons. The van der Waals surface area contributed by atoms with Crippen molar-refractivity contribution in [3.63, 3.8) is 0 Å². The Morgan fingerprint density at radius 3 is 2.45 bits per heavy atom. The fraction of sp³-hybridized carbons (Fsp3) is 0.900. The van der Waals surface area contributed by atoms with E-state index in [9.17, 15) is 0 Å². The second kappa shape index (κ2) is 6.28. The fourth-order valence-electron chi connectivity index (χ4n) is 6.02. The highest BCUT2D eigenvalue weighted by molar-refractivity contribution is 5.10. The average molecular weight is 307 g/mol. The third kappa shape index (κ3) is 3.28. The molecule has 0 spiro atoms. The molecule has 4 N–H and O–H groups in total. The largest absolute Gasteiger partial charge is 0.327 e. The van der Waals surface area contributed by atoms with Crippen molar-refractivity contribution in [3.8, 4) is 0 Å². The molecule has 0 unspecified atom stereocenters. The summed E-state index contributed by atoms with van der Waals surface area (Å²) < 4.78 is 0. The number of hydrogen-bond acceptors (Lipinski definition) is 2. The van der Waals surface area contributed by atoms with Crippen LogP contribution in [0.15, 0.2) is 11.6 Å². The van der Waals surface area contributed by atoms with Gasteiger partial charge in [0.2, 0.25) is 0 Å². The van der Waals surface area contributed by atoms with Crippen LogP contribution in [0.4, 0.5) is 0 Å². The zero-order valence-corrected chi connectivity index (χ0v) is 15.5. The maximum atomic E-state index is 6.82. The highest BCUT2D eigenvalue weighted by Crippen LogP contribution is 2.62. The van der Waals surface area contributed by atoms with E-state index in [0.29, 0.717) is 23.3 Å². The molecule has 2 saturated carbocycles. The SMILES string of the molecule is C/C(=C/CN)CC[C@@H]1[C@@]2(C)CCCC(C)(C)[C@@H]2CC[C@@]1(C)N. The molecule has 0 saturated heterocycles. The molecular formula is C20H38N2. The number of allylic oxidation sites excluding steroid dienone is 1. The lowest BCUT2D eigenvalue weighted by atomic mass is 9.44. The summed E-state index contributed by atoms with van der Waals surface area (Å²) in [5.41, 5.74) is 14.8. The van der Waals surface area contributed by atoms with E-state index < -0.39 is 0 Å². The summed E-state index contributed by atoms with van der Waals surface area (Å²) in [6.07, 6.45) is 11.1. The maximum absolute atomic E-state index is 6.82. The van der Waals surface area contributed by atoms with Gasteiger partial charge in [-0.3, -0.25) is 0 Å². The van der Waals surface area contributed by atoms with Crippen molar-refractivity contribution in [1.82, 2.24) is 0 Å². The van der Waals surface area contributed by atoms with Gasteiger partial charge >= 0.3 is 0 Å². The number of nitrogens with two attached hydrogens (primary N) is 2. The fourth-order valence-corrected chi connectivity index (χ4v) is 6.02. The van der Waals surface area contributed by atoms with E-state index in [4.69, 9.17) is 11.5 Å². The van der Waals surface area contributed by atoms with Crippen LogP contribution in [0.3, 0.4) is 0 Å². The van der Waals surface area contributed by atoms with Crippen molar-refractivity contribution in [2.24, 2.45) is 34.1 Å². The van der Waals surface area contributed by atoms with Crippen LogP contribution in [-0.4, -0.2) is 12.1 Å². The summed E-state index contributed by atoms with van der Waals surface area (Å²) >= 11 is 0. The lowest BCUT2D eigenvalue weighted by Crippen LogP contribution is -2.61. The molecule has 0 aliphatic heterocycles. The molecule has 22 heavy (non-hydrogen) atoms. The minimum Gasteiger partial charge on any atom is -0.327 e. The van der Waals surface area contributed by atoms with Gasteiger partial charge in [0.1, 0.15) is 0 Å². The highest BCUT2D eigenvalue weighted by Gasteiger charge is 2.56. The molecule has 2 heteroatoms. The number of fused-ring (bicyclic) bond motifs is 1. The molecule has 0 aromatic carbocycles. The third-order valence-electron chi connectivity index (χ3n) is 7.13. The van der Waals surface area contributed by atoms with Crippen LogP contribution in [-0.2, 0) is 0 Å². The van der Waals surface area contributed by atoms with Crippen molar-refractivity contribution in [1.29, 1.82) is 0 Å². The van der Waals surface area contributed by atoms with Crippen LogP contribution in [0.1, 0.15) is 79.6 Å². The summed E-state index contributed by atoms with van der Waals surface area (Å²) in [6, 6.07) is 0. The van der Waals surface area contributed by atoms with Gasteiger partial charge in [-0.2, -0.15) is 0 Å². The van der Waals surface area contributed by atoms with Gasteiger partial charge in [0, 0.05) is 12.1 Å². The van der Waals surface area contributed by atoms with Crippen molar-refractivity contribution in [2.75, 3.05) is 6.54 Å². The van der Waals surface area contributed by atoms with E-state index in [-0.39, 0.29) is 5.54 Å². The molecule has 0 amide bonds. The Hall–Kier alpha value is -0.340. The monoisotopic (exact) mass is 306 g/mol. The van der Waals surface area contributed by atoms with Gasteiger partial charge in [-0.05, 0) is 75.0 Å². The lowest BCUT2D eigenvalue weighted by molar-refractivity contribution is -0.104. The first kappa shape index (κ1) is 18.0. The van der Waals surface area contributed by atoms with Gasteiger partial charge in [-0.15, -0.1) is 0 Å². The molecule has 2 rings (SSSR count). The van der Waals surface area contributed by atoms with E-state index in [2.05, 4.69) is 40.7 Å². The Morgan fingerprint density at radius 1 is 1.14 bits per heavy atom. The zero-order chi connectivity index (χ0) is 16.6. The second-order valence-corrected chi connectivity index (χ2v) is 9.32. The predicted molar refractivity (Wildman–Crippen MR) is 96.6 cm³/mol. The minimum atomic E-state index is -0.0122. The molecule has 2 nitrogen and oxygen atoms in total. The van der Waals surface area contributed by atoms with Crippen LogP contribution >= 0.6 is 0 Å². The van der Waals surface area contributed by atoms with E-state index in [1.165, 1.54) is 44.1 Å². The topological polar surface area (TPSA) is 52.0 Å². The number of hydrogen-bond donors (Lipinski definition) is 2. The van der Waals surface area contributed by atoms with Gasteiger partial charge in [-0.25, -0.2) is 0 Å². The van der Waals surface area contributed by atoms with E-state index in [0.717, 1.165) is 12.3 Å². The van der Waals surface area contributed by atoms with Gasteiger partial charge in [-0.1, -0.05) is 38.8 Å².